The van der Waals surface area contributed by atoms with Crippen molar-refractivity contribution < 1.29 is 65.9 Å². The highest BCUT2D eigenvalue weighted by atomic mass is 127. The fraction of sp³-hybridized carbons (Fsp3) is 0.364. The third-order valence-electron chi connectivity index (χ3n) is 11.0. The third-order valence-corrected chi connectivity index (χ3v) is 12.0. The van der Waals surface area contributed by atoms with Crippen LogP contribution < -0.4 is 48.0 Å². The van der Waals surface area contributed by atoms with E-state index in [1.54, 1.807) is 0 Å². The zero-order chi connectivity index (χ0) is 35.5. The smallest absolute Gasteiger partial charge is 0.129 e. The van der Waals surface area contributed by atoms with Gasteiger partial charge in [0.05, 0.1) is 41.3 Å². The zero-order valence-corrected chi connectivity index (χ0v) is 39.0. The number of hydrogen-bond acceptors (Lipinski definition) is 0. The minimum absolute atomic E-state index is 0. The molecule has 0 aliphatic carbocycles. The summed E-state index contributed by atoms with van der Waals surface area (Å²) >= 11 is 7.05. The average Bonchev–Trinajstić information content (AvgIpc) is 3.11. The summed E-state index contributed by atoms with van der Waals surface area (Å²) in [6.45, 7) is 14.4. The van der Waals surface area contributed by atoms with Crippen LogP contribution >= 0.6 is 31.9 Å². The van der Waals surface area contributed by atoms with Gasteiger partial charge in [-0.15, -0.1) is 0 Å². The molecular formula is C44H58Br2I2N4+2. The predicted molar refractivity (Wildman–Crippen MR) is 220 cm³/mol. The summed E-state index contributed by atoms with van der Waals surface area (Å²) in [5.41, 5.74) is 5.46. The second kappa shape index (κ2) is 21.1. The first-order valence-corrected chi connectivity index (χ1v) is 19.8. The molecule has 0 N–H and O–H groups in total. The monoisotopic (exact) mass is 1050 g/mol. The number of likely N-dealkylation sites (N-methyl/N-ethyl adjacent to an activating group) is 4. The fourth-order valence-electron chi connectivity index (χ4n) is 7.14. The molecule has 4 aromatic rings. The van der Waals surface area contributed by atoms with Gasteiger partial charge >= 0.3 is 0 Å². The van der Waals surface area contributed by atoms with Crippen LogP contribution in [0.1, 0.15) is 22.3 Å². The first kappa shape index (κ1) is 45.0. The Morgan fingerprint density at radius 1 is 0.423 bits per heavy atom. The van der Waals surface area contributed by atoms with Gasteiger partial charge in [0.25, 0.3) is 0 Å². The highest BCUT2D eigenvalue weighted by Gasteiger charge is 2.37. The van der Waals surface area contributed by atoms with Crippen molar-refractivity contribution in [2.24, 2.45) is 0 Å². The van der Waals surface area contributed by atoms with Crippen molar-refractivity contribution in [1.82, 2.24) is 0 Å². The van der Waals surface area contributed by atoms with Gasteiger partial charge in [0.1, 0.15) is 65.4 Å². The van der Waals surface area contributed by atoms with E-state index in [2.05, 4.69) is 194 Å². The van der Waals surface area contributed by atoms with Crippen molar-refractivity contribution in [2.75, 3.05) is 93.6 Å². The van der Waals surface area contributed by atoms with Gasteiger partial charge in [-0.05, 0) is 47.5 Å². The van der Waals surface area contributed by atoms with Crippen LogP contribution in [0, 0.1) is 0 Å². The topological polar surface area (TPSA) is 0 Å². The molecule has 4 aromatic carbocycles. The molecule has 0 radical (unpaired) electrons. The summed E-state index contributed by atoms with van der Waals surface area (Å²) in [7, 11) is 9.62. The molecular weight excluding hydrogens is 998 g/mol. The lowest BCUT2D eigenvalue weighted by Crippen LogP contribution is -3.00. The van der Waals surface area contributed by atoms with Crippen molar-refractivity contribution in [1.29, 1.82) is 0 Å². The molecule has 0 unspecified atom stereocenters. The molecule has 2 aliphatic heterocycles. The van der Waals surface area contributed by atoms with E-state index in [9.17, 15) is 0 Å². The first-order chi connectivity index (χ1) is 23.9. The van der Waals surface area contributed by atoms with Gasteiger partial charge in [-0.1, -0.05) is 129 Å². The van der Waals surface area contributed by atoms with Gasteiger partial charge in [-0.25, -0.2) is 0 Å². The summed E-state index contributed by atoms with van der Waals surface area (Å²) in [5.74, 6) is 0. The van der Waals surface area contributed by atoms with Crippen LogP contribution in [0.3, 0.4) is 0 Å². The molecule has 2 fully saturated rings. The van der Waals surface area contributed by atoms with E-state index in [0.717, 1.165) is 53.1 Å². The maximum atomic E-state index is 3.53. The first-order valence-electron chi connectivity index (χ1n) is 18.2. The van der Waals surface area contributed by atoms with Crippen LogP contribution in [-0.4, -0.2) is 112 Å². The van der Waals surface area contributed by atoms with Crippen LogP contribution in [0.25, 0.3) is 12.2 Å². The molecule has 6 rings (SSSR count). The van der Waals surface area contributed by atoms with Gasteiger partial charge in [-0.2, -0.15) is 0 Å². The molecule has 2 saturated heterocycles. The number of rotatable bonds is 10. The third kappa shape index (κ3) is 14.7. The quantitative estimate of drug-likeness (QED) is 0.170. The van der Waals surface area contributed by atoms with Crippen molar-refractivity contribution in [3.63, 3.8) is 0 Å². The van der Waals surface area contributed by atoms with Crippen molar-refractivity contribution >= 4 is 44.0 Å². The lowest BCUT2D eigenvalue weighted by Gasteiger charge is -2.46. The molecule has 0 bridgehead atoms. The Labute approximate surface area is 365 Å². The lowest BCUT2D eigenvalue weighted by molar-refractivity contribution is -1.02. The largest absolute Gasteiger partial charge is 1.00 e. The van der Waals surface area contributed by atoms with Gasteiger partial charge < -0.3 is 65.9 Å². The summed E-state index contributed by atoms with van der Waals surface area (Å²) in [4.78, 5) is 0. The maximum absolute atomic E-state index is 3.53. The van der Waals surface area contributed by atoms with E-state index in [4.69, 9.17) is 0 Å². The molecule has 0 atom stereocenters. The molecule has 2 heterocycles. The summed E-state index contributed by atoms with van der Waals surface area (Å²) in [6.07, 6.45) is 9.21. The summed E-state index contributed by atoms with van der Waals surface area (Å²) < 4.78 is 6.92. The summed E-state index contributed by atoms with van der Waals surface area (Å²) in [5, 5.41) is 0. The fourth-order valence-corrected chi connectivity index (χ4v) is 7.66. The predicted octanol–water partition coefficient (Wildman–Crippen LogP) is 3.15. The molecule has 0 saturated carbocycles. The molecule has 280 valence electrons. The van der Waals surface area contributed by atoms with Crippen molar-refractivity contribution in [3.05, 3.63) is 153 Å². The summed E-state index contributed by atoms with van der Waals surface area (Å²) in [6, 6.07) is 38.8. The molecule has 0 aromatic heterocycles. The standard InChI is InChI=1S/2C22H29BrN2.2HI/c2*1-24(14-6-9-20-7-4-3-5-8-20)15-17-25(2,18-16-24)19-21-10-12-22(23)13-11-21;;/h2*3-13H,14-19H2,1-2H3;2*1H/q2*+2;;/p-2/b2*9-6+;;. The Bertz CT molecular complexity index is 1540. The van der Waals surface area contributed by atoms with Crippen LogP contribution in [0.4, 0.5) is 0 Å². The van der Waals surface area contributed by atoms with Crippen molar-refractivity contribution in [2.45, 2.75) is 13.1 Å². The van der Waals surface area contributed by atoms with Gasteiger partial charge in [-0.3, -0.25) is 0 Å². The van der Waals surface area contributed by atoms with E-state index in [1.807, 2.05) is 0 Å². The lowest BCUT2D eigenvalue weighted by atomic mass is 10.1. The molecule has 52 heavy (non-hydrogen) atoms. The zero-order valence-electron chi connectivity index (χ0n) is 31.5. The van der Waals surface area contributed by atoms with E-state index < -0.39 is 0 Å². The molecule has 2 aliphatic rings. The Kier molecular flexibility index (Phi) is 18.2. The van der Waals surface area contributed by atoms with Crippen LogP contribution in [0.15, 0.2) is 130 Å². The Morgan fingerprint density at radius 2 is 0.712 bits per heavy atom. The number of quaternary nitrogens is 4. The minimum Gasteiger partial charge on any atom is -1.00 e. The number of piperazine rings is 2. The minimum atomic E-state index is 0. The molecule has 0 amide bonds. The highest BCUT2D eigenvalue weighted by Crippen LogP contribution is 2.23. The SMILES string of the molecule is C[N+]1(C/C=C/c2ccccc2)CC[N+](C)(Cc2ccc(Br)cc2)CC1.C[N+]1(C/C=C/c2ccccc2)CC[N+](C)(Cc2ccc(Br)cc2)CC1.[I-].[I-]. The Balaban J connectivity index is 0.000000270. The molecule has 4 nitrogen and oxygen atoms in total. The van der Waals surface area contributed by atoms with Crippen LogP contribution in [-0.2, 0) is 13.1 Å². The van der Waals surface area contributed by atoms with E-state index in [1.165, 1.54) is 74.6 Å². The van der Waals surface area contributed by atoms with E-state index >= 15 is 0 Å². The number of hydrogen-bond donors (Lipinski definition) is 0. The normalized spacial score (nSPS) is 25.8. The average molecular weight is 1060 g/mol. The van der Waals surface area contributed by atoms with Crippen LogP contribution in [0.5, 0.6) is 0 Å². The number of halogens is 4. The van der Waals surface area contributed by atoms with Crippen molar-refractivity contribution in [3.8, 4) is 0 Å². The van der Waals surface area contributed by atoms with Gasteiger partial charge in [0, 0.05) is 20.1 Å². The van der Waals surface area contributed by atoms with E-state index in [0.29, 0.717) is 0 Å². The number of benzene rings is 4. The second-order valence-electron chi connectivity index (χ2n) is 15.8. The molecule has 8 heteroatoms. The maximum Gasteiger partial charge on any atom is 0.129 e. The van der Waals surface area contributed by atoms with Gasteiger partial charge in [0.15, 0.2) is 0 Å². The highest BCUT2D eigenvalue weighted by molar-refractivity contribution is 9.10. The number of nitrogens with zero attached hydrogens (tertiary/aromatic N) is 4. The molecule has 0 spiro atoms. The van der Waals surface area contributed by atoms with E-state index in [-0.39, 0.29) is 48.0 Å². The second-order valence-corrected chi connectivity index (χ2v) is 17.7. The van der Waals surface area contributed by atoms with Crippen LogP contribution in [0.2, 0.25) is 0 Å². The van der Waals surface area contributed by atoms with Gasteiger partial charge in [0.2, 0.25) is 0 Å². The Hall–Kier alpha value is -1.38. The Morgan fingerprint density at radius 3 is 1.02 bits per heavy atom.